The van der Waals surface area contributed by atoms with Crippen molar-refractivity contribution in [3.05, 3.63) is 35.4 Å². The summed E-state index contributed by atoms with van der Waals surface area (Å²) < 4.78 is 43.0. The van der Waals surface area contributed by atoms with Crippen LogP contribution in [0.25, 0.3) is 0 Å². The van der Waals surface area contributed by atoms with Gasteiger partial charge in [-0.1, -0.05) is 18.2 Å². The van der Waals surface area contributed by atoms with Gasteiger partial charge in [0.2, 0.25) is 5.91 Å². The number of alkyl halides is 3. The van der Waals surface area contributed by atoms with Crippen molar-refractivity contribution >= 4 is 5.91 Å². The number of ether oxygens (including phenoxy) is 1. The van der Waals surface area contributed by atoms with Gasteiger partial charge in [0.25, 0.3) is 0 Å². The molecule has 1 rings (SSSR count). The molecule has 20 heavy (non-hydrogen) atoms. The number of halogens is 3. The van der Waals surface area contributed by atoms with Gasteiger partial charge in [0.1, 0.15) is 0 Å². The summed E-state index contributed by atoms with van der Waals surface area (Å²) in [6.45, 7) is 0.852. The maximum absolute atomic E-state index is 12.7. The van der Waals surface area contributed by atoms with E-state index in [4.69, 9.17) is 4.74 Å². The van der Waals surface area contributed by atoms with Gasteiger partial charge in [-0.15, -0.1) is 0 Å². The minimum Gasteiger partial charge on any atom is -0.383 e. The third-order valence-electron chi connectivity index (χ3n) is 2.57. The molecule has 0 unspecified atom stereocenters. The van der Waals surface area contributed by atoms with Crippen LogP contribution in [0.4, 0.5) is 13.2 Å². The molecular weight excluding hydrogens is 273 g/mol. The number of rotatable bonds is 7. The Labute approximate surface area is 115 Å². The molecule has 1 aromatic carbocycles. The summed E-state index contributed by atoms with van der Waals surface area (Å²) in [7, 11) is 1.54. The first-order valence-corrected chi connectivity index (χ1v) is 6.06. The van der Waals surface area contributed by atoms with Gasteiger partial charge in [0.05, 0.1) is 18.7 Å². The Morgan fingerprint density at radius 2 is 2.00 bits per heavy atom. The van der Waals surface area contributed by atoms with E-state index in [1.807, 2.05) is 0 Å². The number of benzene rings is 1. The first-order chi connectivity index (χ1) is 9.45. The highest BCUT2D eigenvalue weighted by atomic mass is 19.4. The van der Waals surface area contributed by atoms with Gasteiger partial charge in [-0.2, -0.15) is 13.2 Å². The molecule has 2 N–H and O–H groups in total. The molecule has 0 aromatic heterocycles. The SMILES string of the molecule is COCCNCC(=O)NCc1ccccc1C(F)(F)F. The molecule has 7 heteroatoms. The van der Waals surface area contributed by atoms with E-state index in [1.54, 1.807) is 0 Å². The molecule has 0 bridgehead atoms. The number of methoxy groups -OCH3 is 1. The van der Waals surface area contributed by atoms with Crippen LogP contribution >= 0.6 is 0 Å². The molecule has 0 aliphatic heterocycles. The standard InChI is InChI=1S/C13H17F3N2O2/c1-20-7-6-17-9-12(19)18-8-10-4-2-3-5-11(10)13(14,15)16/h2-5,17H,6-9H2,1H3,(H,18,19). The van der Waals surface area contributed by atoms with E-state index in [9.17, 15) is 18.0 Å². The van der Waals surface area contributed by atoms with Crippen molar-refractivity contribution in [2.75, 3.05) is 26.8 Å². The summed E-state index contributed by atoms with van der Waals surface area (Å²) in [4.78, 5) is 11.4. The average molecular weight is 290 g/mol. The van der Waals surface area contributed by atoms with Crippen molar-refractivity contribution in [1.29, 1.82) is 0 Å². The largest absolute Gasteiger partial charge is 0.416 e. The van der Waals surface area contributed by atoms with Crippen LogP contribution in [0.15, 0.2) is 24.3 Å². The van der Waals surface area contributed by atoms with E-state index in [0.717, 1.165) is 6.07 Å². The summed E-state index contributed by atoms with van der Waals surface area (Å²) in [5, 5.41) is 5.25. The summed E-state index contributed by atoms with van der Waals surface area (Å²) in [6, 6.07) is 5.17. The molecule has 4 nitrogen and oxygen atoms in total. The van der Waals surface area contributed by atoms with Crippen LogP contribution in [0, 0.1) is 0 Å². The molecule has 0 heterocycles. The zero-order valence-corrected chi connectivity index (χ0v) is 11.1. The Balaban J connectivity index is 2.48. The molecule has 0 atom stereocenters. The summed E-state index contributed by atoms with van der Waals surface area (Å²) in [6.07, 6.45) is -4.42. The van der Waals surface area contributed by atoms with E-state index in [0.29, 0.717) is 13.2 Å². The molecule has 0 radical (unpaired) electrons. The number of hydrogen-bond acceptors (Lipinski definition) is 3. The van der Waals surface area contributed by atoms with E-state index in [1.165, 1.54) is 25.3 Å². The normalized spacial score (nSPS) is 11.4. The van der Waals surface area contributed by atoms with Crippen molar-refractivity contribution in [1.82, 2.24) is 10.6 Å². The van der Waals surface area contributed by atoms with Crippen LogP contribution in [0.2, 0.25) is 0 Å². The molecule has 1 amide bonds. The Morgan fingerprint density at radius 3 is 2.65 bits per heavy atom. The summed E-state index contributed by atoms with van der Waals surface area (Å²) in [5.41, 5.74) is -0.683. The molecule has 0 fully saturated rings. The number of amides is 1. The fourth-order valence-electron chi connectivity index (χ4n) is 1.58. The Kier molecular flexibility index (Phi) is 6.47. The molecular formula is C13H17F3N2O2. The molecule has 0 aliphatic carbocycles. The quantitative estimate of drug-likeness (QED) is 0.749. The van der Waals surface area contributed by atoms with Crippen molar-refractivity contribution < 1.29 is 22.7 Å². The van der Waals surface area contributed by atoms with Gasteiger partial charge in [0.15, 0.2) is 0 Å². The van der Waals surface area contributed by atoms with E-state index in [2.05, 4.69) is 10.6 Å². The highest BCUT2D eigenvalue weighted by Crippen LogP contribution is 2.31. The van der Waals surface area contributed by atoms with E-state index < -0.39 is 11.7 Å². The van der Waals surface area contributed by atoms with Gasteiger partial charge in [-0.3, -0.25) is 4.79 Å². The van der Waals surface area contributed by atoms with Crippen molar-refractivity contribution in [3.8, 4) is 0 Å². The van der Waals surface area contributed by atoms with Crippen LogP contribution < -0.4 is 10.6 Å². The van der Waals surface area contributed by atoms with Crippen LogP contribution in [0.5, 0.6) is 0 Å². The third kappa shape index (κ3) is 5.58. The molecule has 112 valence electrons. The number of nitrogens with one attached hydrogen (secondary N) is 2. The summed E-state index contributed by atoms with van der Waals surface area (Å²) >= 11 is 0. The molecule has 0 saturated carbocycles. The minimum absolute atomic E-state index is 0.0392. The van der Waals surface area contributed by atoms with Crippen LogP contribution in [-0.2, 0) is 22.3 Å². The highest BCUT2D eigenvalue weighted by Gasteiger charge is 2.32. The van der Waals surface area contributed by atoms with E-state index >= 15 is 0 Å². The monoisotopic (exact) mass is 290 g/mol. The van der Waals surface area contributed by atoms with Gasteiger partial charge < -0.3 is 15.4 Å². The first-order valence-electron chi connectivity index (χ1n) is 6.06. The Bertz CT molecular complexity index is 436. The Hall–Kier alpha value is -1.60. The fourth-order valence-corrected chi connectivity index (χ4v) is 1.58. The van der Waals surface area contributed by atoms with Gasteiger partial charge in [0, 0.05) is 20.2 Å². The molecule has 0 aliphatic rings. The number of carbonyl (C=O) groups is 1. The average Bonchev–Trinajstić information content (AvgIpc) is 2.40. The summed E-state index contributed by atoms with van der Waals surface area (Å²) in [5.74, 6) is -0.363. The fraction of sp³-hybridized carbons (Fsp3) is 0.462. The second-order valence-corrected chi connectivity index (χ2v) is 4.10. The third-order valence-corrected chi connectivity index (χ3v) is 2.57. The second kappa shape index (κ2) is 7.86. The van der Waals surface area contributed by atoms with Crippen molar-refractivity contribution in [3.63, 3.8) is 0 Å². The Morgan fingerprint density at radius 1 is 1.30 bits per heavy atom. The van der Waals surface area contributed by atoms with Crippen LogP contribution in [0.1, 0.15) is 11.1 Å². The molecule has 1 aromatic rings. The lowest BCUT2D eigenvalue weighted by atomic mass is 10.1. The van der Waals surface area contributed by atoms with Crippen molar-refractivity contribution in [2.24, 2.45) is 0 Å². The predicted octanol–water partition coefficient (Wildman–Crippen LogP) is 1.56. The van der Waals surface area contributed by atoms with Crippen LogP contribution in [-0.4, -0.2) is 32.7 Å². The lowest BCUT2D eigenvalue weighted by Gasteiger charge is -2.13. The van der Waals surface area contributed by atoms with Gasteiger partial charge in [-0.05, 0) is 11.6 Å². The lowest BCUT2D eigenvalue weighted by Crippen LogP contribution is -2.35. The molecule has 0 spiro atoms. The minimum atomic E-state index is -4.42. The maximum atomic E-state index is 12.7. The van der Waals surface area contributed by atoms with Crippen molar-refractivity contribution in [2.45, 2.75) is 12.7 Å². The zero-order valence-electron chi connectivity index (χ0n) is 11.1. The molecule has 0 saturated heterocycles. The van der Waals surface area contributed by atoms with Gasteiger partial charge >= 0.3 is 6.18 Å². The topological polar surface area (TPSA) is 50.4 Å². The van der Waals surface area contributed by atoms with Crippen LogP contribution in [0.3, 0.4) is 0 Å². The van der Waals surface area contributed by atoms with Gasteiger partial charge in [-0.25, -0.2) is 0 Å². The lowest BCUT2D eigenvalue weighted by molar-refractivity contribution is -0.138. The predicted molar refractivity (Wildman–Crippen MR) is 68.0 cm³/mol. The second-order valence-electron chi connectivity index (χ2n) is 4.10. The zero-order chi connectivity index (χ0) is 15.0. The number of hydrogen-bond donors (Lipinski definition) is 2. The highest BCUT2D eigenvalue weighted by molar-refractivity contribution is 5.78. The number of carbonyl (C=O) groups excluding carboxylic acids is 1. The van der Waals surface area contributed by atoms with E-state index in [-0.39, 0.29) is 24.6 Å². The maximum Gasteiger partial charge on any atom is 0.416 e. The smallest absolute Gasteiger partial charge is 0.383 e. The first kappa shape index (κ1) is 16.5.